The molecule has 19 heavy (non-hydrogen) atoms. The Hall–Kier alpha value is -1.73. The fourth-order valence-corrected chi connectivity index (χ4v) is 1.78. The molecule has 1 aromatic heterocycles. The Morgan fingerprint density at radius 2 is 2.16 bits per heavy atom. The number of benzene rings is 1. The molecule has 0 aliphatic carbocycles. The minimum absolute atomic E-state index is 0.0890. The Morgan fingerprint density at radius 3 is 2.84 bits per heavy atom. The first kappa shape index (κ1) is 13.7. The van der Waals surface area contributed by atoms with Crippen molar-refractivity contribution in [3.63, 3.8) is 0 Å². The summed E-state index contributed by atoms with van der Waals surface area (Å²) in [7, 11) is 0. The van der Waals surface area contributed by atoms with Crippen LogP contribution in [0.3, 0.4) is 0 Å². The van der Waals surface area contributed by atoms with Crippen LogP contribution in [0.15, 0.2) is 29.0 Å². The lowest BCUT2D eigenvalue weighted by Gasteiger charge is -2.07. The standard InChI is InChI=1S/C11H7BrClN3O3/c1-6-2-3-8(7(4-6)16(17)18)19-11-9(12)10(13)14-5-15-11/h2-5H,1H3. The Balaban J connectivity index is 2.44. The van der Waals surface area contributed by atoms with Gasteiger partial charge in [-0.05, 0) is 34.5 Å². The maximum atomic E-state index is 11.0. The summed E-state index contributed by atoms with van der Waals surface area (Å²) in [6.07, 6.45) is 1.21. The third-order valence-corrected chi connectivity index (χ3v) is 3.46. The van der Waals surface area contributed by atoms with E-state index in [1.807, 2.05) is 0 Å². The molecule has 0 atom stereocenters. The minimum Gasteiger partial charge on any atom is -0.430 e. The number of aryl methyl sites for hydroxylation is 1. The van der Waals surface area contributed by atoms with Crippen molar-refractivity contribution in [2.45, 2.75) is 6.92 Å². The lowest BCUT2D eigenvalue weighted by molar-refractivity contribution is -0.385. The molecule has 0 aliphatic heterocycles. The Morgan fingerprint density at radius 1 is 1.42 bits per heavy atom. The van der Waals surface area contributed by atoms with Crippen LogP contribution in [0.2, 0.25) is 5.15 Å². The lowest BCUT2D eigenvalue weighted by atomic mass is 10.2. The van der Waals surface area contributed by atoms with E-state index < -0.39 is 4.92 Å². The topological polar surface area (TPSA) is 78.2 Å². The number of nitro groups is 1. The van der Waals surface area contributed by atoms with Gasteiger partial charge in [0.15, 0.2) is 5.15 Å². The number of nitrogens with zero attached hydrogens (tertiary/aromatic N) is 3. The second kappa shape index (κ2) is 5.50. The maximum Gasteiger partial charge on any atom is 0.311 e. The van der Waals surface area contributed by atoms with Crippen LogP contribution in [0, 0.1) is 17.0 Å². The Bertz CT molecular complexity index is 651. The van der Waals surface area contributed by atoms with E-state index in [1.165, 1.54) is 18.5 Å². The van der Waals surface area contributed by atoms with Gasteiger partial charge in [0, 0.05) is 6.07 Å². The quantitative estimate of drug-likeness (QED) is 0.479. The first-order valence-electron chi connectivity index (χ1n) is 5.08. The van der Waals surface area contributed by atoms with E-state index in [9.17, 15) is 10.1 Å². The predicted molar refractivity (Wildman–Crippen MR) is 72.6 cm³/mol. The van der Waals surface area contributed by atoms with Gasteiger partial charge in [-0.25, -0.2) is 9.97 Å². The molecule has 0 N–H and O–H groups in total. The normalized spacial score (nSPS) is 10.3. The van der Waals surface area contributed by atoms with Crippen molar-refractivity contribution in [2.24, 2.45) is 0 Å². The first-order valence-corrected chi connectivity index (χ1v) is 6.25. The van der Waals surface area contributed by atoms with E-state index >= 15 is 0 Å². The molecule has 8 heteroatoms. The van der Waals surface area contributed by atoms with Gasteiger partial charge in [-0.15, -0.1) is 0 Å². The van der Waals surface area contributed by atoms with Crippen molar-refractivity contribution in [1.29, 1.82) is 0 Å². The molecule has 6 nitrogen and oxygen atoms in total. The van der Waals surface area contributed by atoms with E-state index in [0.29, 0.717) is 4.47 Å². The van der Waals surface area contributed by atoms with Gasteiger partial charge in [-0.1, -0.05) is 17.7 Å². The Labute approximate surface area is 121 Å². The summed E-state index contributed by atoms with van der Waals surface area (Å²) in [5, 5.41) is 11.1. The molecule has 0 saturated carbocycles. The van der Waals surface area contributed by atoms with Crippen molar-refractivity contribution in [1.82, 2.24) is 9.97 Å². The van der Waals surface area contributed by atoms with Crippen LogP contribution in [0.4, 0.5) is 5.69 Å². The number of ether oxygens (including phenoxy) is 1. The van der Waals surface area contributed by atoms with Gasteiger partial charge in [-0.3, -0.25) is 10.1 Å². The third-order valence-electron chi connectivity index (χ3n) is 2.23. The number of rotatable bonds is 3. The number of aromatic nitrogens is 2. The van der Waals surface area contributed by atoms with Crippen LogP contribution in [0.25, 0.3) is 0 Å². The first-order chi connectivity index (χ1) is 8.99. The molecule has 0 amide bonds. The van der Waals surface area contributed by atoms with E-state index in [-0.39, 0.29) is 22.5 Å². The summed E-state index contributed by atoms with van der Waals surface area (Å²) < 4.78 is 5.75. The highest BCUT2D eigenvalue weighted by molar-refractivity contribution is 9.10. The maximum absolute atomic E-state index is 11.0. The third kappa shape index (κ3) is 2.99. The molecule has 1 heterocycles. The predicted octanol–water partition coefficient (Wildman–Crippen LogP) is 3.90. The largest absolute Gasteiger partial charge is 0.430 e. The van der Waals surface area contributed by atoms with Crippen molar-refractivity contribution in [3.05, 3.63) is 49.8 Å². The van der Waals surface area contributed by atoms with Crippen LogP contribution < -0.4 is 4.74 Å². The lowest BCUT2D eigenvalue weighted by Crippen LogP contribution is -1.96. The average Bonchev–Trinajstić information content (AvgIpc) is 2.36. The van der Waals surface area contributed by atoms with Crippen LogP contribution >= 0.6 is 27.5 Å². The molecule has 0 unspecified atom stereocenters. The zero-order valence-electron chi connectivity index (χ0n) is 9.63. The van der Waals surface area contributed by atoms with Gasteiger partial charge < -0.3 is 4.74 Å². The molecule has 1 aromatic carbocycles. The highest BCUT2D eigenvalue weighted by Crippen LogP contribution is 2.35. The van der Waals surface area contributed by atoms with Crippen LogP contribution in [-0.4, -0.2) is 14.9 Å². The molecule has 0 bridgehead atoms. The molecule has 0 spiro atoms. The number of hydrogen-bond acceptors (Lipinski definition) is 5. The van der Waals surface area contributed by atoms with Crippen molar-refractivity contribution in [2.75, 3.05) is 0 Å². The highest BCUT2D eigenvalue weighted by atomic mass is 79.9. The monoisotopic (exact) mass is 343 g/mol. The molecule has 0 fully saturated rings. The number of hydrogen-bond donors (Lipinski definition) is 0. The van der Waals surface area contributed by atoms with Gasteiger partial charge in [0.05, 0.1) is 4.92 Å². The molecule has 98 valence electrons. The van der Waals surface area contributed by atoms with Crippen LogP contribution in [0.1, 0.15) is 5.56 Å². The van der Waals surface area contributed by atoms with Crippen LogP contribution in [-0.2, 0) is 0 Å². The summed E-state index contributed by atoms with van der Waals surface area (Å²) in [6.45, 7) is 1.76. The van der Waals surface area contributed by atoms with Gasteiger partial charge in [0.1, 0.15) is 10.8 Å². The minimum atomic E-state index is -0.515. The van der Waals surface area contributed by atoms with Crippen molar-refractivity contribution >= 4 is 33.2 Å². The van der Waals surface area contributed by atoms with Gasteiger partial charge in [-0.2, -0.15) is 0 Å². The zero-order chi connectivity index (χ0) is 14.0. The molecule has 0 radical (unpaired) electrons. The van der Waals surface area contributed by atoms with Crippen molar-refractivity contribution in [3.8, 4) is 11.6 Å². The molecular weight excluding hydrogens is 337 g/mol. The van der Waals surface area contributed by atoms with E-state index in [4.69, 9.17) is 16.3 Å². The summed E-state index contributed by atoms with van der Waals surface area (Å²) >= 11 is 8.96. The highest BCUT2D eigenvalue weighted by Gasteiger charge is 2.18. The molecular formula is C11H7BrClN3O3. The summed E-state index contributed by atoms with van der Waals surface area (Å²) in [5.41, 5.74) is 0.625. The van der Waals surface area contributed by atoms with Crippen LogP contribution in [0.5, 0.6) is 11.6 Å². The van der Waals surface area contributed by atoms with Gasteiger partial charge in [0.25, 0.3) is 0 Å². The molecule has 2 aromatic rings. The van der Waals surface area contributed by atoms with E-state index in [0.717, 1.165) is 5.56 Å². The smallest absolute Gasteiger partial charge is 0.311 e. The summed E-state index contributed by atoms with van der Waals surface area (Å²) in [4.78, 5) is 18.1. The second-order valence-electron chi connectivity index (χ2n) is 3.61. The van der Waals surface area contributed by atoms with E-state index in [2.05, 4.69) is 25.9 Å². The van der Waals surface area contributed by atoms with E-state index in [1.54, 1.807) is 13.0 Å². The fourth-order valence-electron chi connectivity index (χ4n) is 1.37. The summed E-state index contributed by atoms with van der Waals surface area (Å²) in [6, 6.07) is 4.64. The second-order valence-corrected chi connectivity index (χ2v) is 4.76. The van der Waals surface area contributed by atoms with Crippen molar-refractivity contribution < 1.29 is 9.66 Å². The number of halogens is 2. The SMILES string of the molecule is Cc1ccc(Oc2ncnc(Cl)c2Br)c([N+](=O)[O-])c1. The fraction of sp³-hybridized carbons (Fsp3) is 0.0909. The molecule has 0 aliphatic rings. The zero-order valence-corrected chi connectivity index (χ0v) is 12.0. The average molecular weight is 345 g/mol. The summed E-state index contributed by atoms with van der Waals surface area (Å²) in [5.74, 6) is 0.206. The van der Waals surface area contributed by atoms with Gasteiger partial charge >= 0.3 is 5.69 Å². The number of nitro benzene ring substituents is 1. The molecule has 0 saturated heterocycles. The van der Waals surface area contributed by atoms with Gasteiger partial charge in [0.2, 0.25) is 11.6 Å². The Kier molecular flexibility index (Phi) is 3.96. The molecule has 2 rings (SSSR count).